The number of alkyl halides is 2. The lowest BCUT2D eigenvalue weighted by Gasteiger charge is -2.63. The Kier molecular flexibility index (Phi) is 4.53. The lowest BCUT2D eigenvalue weighted by Crippen LogP contribution is -2.67. The first-order valence-corrected chi connectivity index (χ1v) is 10.9. The van der Waals surface area contributed by atoms with E-state index in [1.807, 2.05) is 19.9 Å². The van der Waals surface area contributed by atoms with Gasteiger partial charge in [-0.05, 0) is 55.6 Å². The van der Waals surface area contributed by atoms with Crippen molar-refractivity contribution in [2.45, 2.75) is 62.3 Å². The Morgan fingerprint density at radius 3 is 2.64 bits per heavy atom. The zero-order valence-electron chi connectivity index (χ0n) is 16.5. The highest BCUT2D eigenvalue weighted by atomic mass is 35.5. The van der Waals surface area contributed by atoms with Crippen molar-refractivity contribution < 1.29 is 19.8 Å². The molecule has 3 fully saturated rings. The highest BCUT2D eigenvalue weighted by Crippen LogP contribution is 2.72. The molecule has 0 unspecified atom stereocenters. The Labute approximate surface area is 176 Å². The van der Waals surface area contributed by atoms with Gasteiger partial charge in [0.1, 0.15) is 12.2 Å². The van der Waals surface area contributed by atoms with Gasteiger partial charge in [0.15, 0.2) is 11.6 Å². The minimum atomic E-state index is -1.60. The van der Waals surface area contributed by atoms with Crippen LogP contribution in [0.4, 0.5) is 0 Å². The molecule has 0 aromatic carbocycles. The summed E-state index contributed by atoms with van der Waals surface area (Å²) in [4.78, 5) is 23.8. The molecule has 0 saturated heterocycles. The van der Waals surface area contributed by atoms with Crippen molar-refractivity contribution >= 4 is 34.8 Å². The third-order valence-corrected chi connectivity index (χ3v) is 10.3. The minimum absolute atomic E-state index is 0.00149. The van der Waals surface area contributed by atoms with Crippen molar-refractivity contribution in [3.05, 3.63) is 23.8 Å². The van der Waals surface area contributed by atoms with E-state index in [2.05, 4.69) is 6.92 Å². The van der Waals surface area contributed by atoms with E-state index in [1.54, 1.807) is 12.2 Å². The maximum absolute atomic E-state index is 12.6. The van der Waals surface area contributed by atoms with E-state index in [0.29, 0.717) is 12.8 Å². The van der Waals surface area contributed by atoms with Gasteiger partial charge in [-0.25, -0.2) is 0 Å². The van der Waals surface area contributed by atoms with Crippen LogP contribution in [0, 0.1) is 28.6 Å². The molecule has 0 heterocycles. The van der Waals surface area contributed by atoms with E-state index in [1.165, 1.54) is 0 Å². The van der Waals surface area contributed by atoms with Crippen molar-refractivity contribution in [2.75, 3.05) is 6.61 Å². The molecule has 0 aromatic heterocycles. The van der Waals surface area contributed by atoms with Crippen molar-refractivity contribution in [1.29, 1.82) is 0 Å². The Bertz CT molecular complexity index is 806. The predicted octanol–water partition coefficient (Wildman–Crippen LogP) is 3.41. The number of aliphatic hydroxyl groups is 2. The summed E-state index contributed by atoms with van der Waals surface area (Å²) in [5, 5.41) is 20.6. The summed E-state index contributed by atoms with van der Waals surface area (Å²) in [6.07, 6.45) is 7.76. The normalized spacial score (nSPS) is 52.5. The van der Waals surface area contributed by atoms with Crippen LogP contribution < -0.4 is 0 Å². The molecule has 0 aromatic rings. The van der Waals surface area contributed by atoms with Gasteiger partial charge in [-0.3, -0.25) is 9.59 Å². The SMILES string of the molecule is C[C@@H]1C[C@@H]2[C@@H]3CCC4=CC(=O)C=C[C@]4(C)[C@@]3(Cl)[C@@H](Cl)C[C@@]2(C)[C@@]1(O)C(=O)CO. The van der Waals surface area contributed by atoms with E-state index in [0.717, 1.165) is 18.4 Å². The molecule has 0 bridgehead atoms. The summed E-state index contributed by atoms with van der Waals surface area (Å²) in [7, 11) is 0. The van der Waals surface area contributed by atoms with Crippen LogP contribution in [0.1, 0.15) is 46.5 Å². The van der Waals surface area contributed by atoms with Crippen LogP contribution in [-0.2, 0) is 9.59 Å². The molecule has 0 radical (unpaired) electrons. The van der Waals surface area contributed by atoms with E-state index < -0.39 is 39.1 Å². The monoisotopic (exact) mass is 426 g/mol. The first-order chi connectivity index (χ1) is 13.0. The Morgan fingerprint density at radius 2 is 2.00 bits per heavy atom. The summed E-state index contributed by atoms with van der Waals surface area (Å²) in [6.45, 7) is 5.20. The zero-order valence-corrected chi connectivity index (χ0v) is 18.1. The van der Waals surface area contributed by atoms with Gasteiger partial charge in [0.25, 0.3) is 0 Å². The van der Waals surface area contributed by atoms with E-state index in [9.17, 15) is 19.8 Å². The zero-order chi connectivity index (χ0) is 20.7. The fourth-order valence-corrected chi connectivity index (χ4v) is 8.43. The number of hydrogen-bond acceptors (Lipinski definition) is 4. The maximum atomic E-state index is 12.6. The van der Waals surface area contributed by atoms with Gasteiger partial charge < -0.3 is 10.2 Å². The van der Waals surface area contributed by atoms with Crippen molar-refractivity contribution in [3.8, 4) is 0 Å². The number of rotatable bonds is 2. The Balaban J connectivity index is 1.84. The van der Waals surface area contributed by atoms with Crippen LogP contribution in [0.3, 0.4) is 0 Å². The number of ketones is 2. The first-order valence-electron chi connectivity index (χ1n) is 10.1. The number of hydrogen-bond donors (Lipinski definition) is 2. The van der Waals surface area contributed by atoms with Crippen molar-refractivity contribution in [1.82, 2.24) is 0 Å². The van der Waals surface area contributed by atoms with Gasteiger partial charge in [0.2, 0.25) is 0 Å². The van der Waals surface area contributed by atoms with E-state index in [-0.39, 0.29) is 23.5 Å². The highest BCUT2D eigenvalue weighted by Gasteiger charge is 2.74. The molecule has 4 aliphatic rings. The summed E-state index contributed by atoms with van der Waals surface area (Å²) >= 11 is 14.4. The minimum Gasteiger partial charge on any atom is -0.388 e. The maximum Gasteiger partial charge on any atom is 0.190 e. The quantitative estimate of drug-likeness (QED) is 0.663. The third-order valence-electron chi connectivity index (χ3n) is 8.75. The van der Waals surface area contributed by atoms with Gasteiger partial charge in [0, 0.05) is 10.8 Å². The third kappa shape index (κ3) is 2.16. The number of fused-ring (bicyclic) bond motifs is 5. The first kappa shape index (κ1) is 20.6. The Hall–Kier alpha value is -0.680. The summed E-state index contributed by atoms with van der Waals surface area (Å²) in [5.41, 5.74) is -1.86. The number of allylic oxidation sites excluding steroid dienone is 4. The summed E-state index contributed by atoms with van der Waals surface area (Å²) in [6, 6.07) is 0. The largest absolute Gasteiger partial charge is 0.388 e. The molecule has 8 atom stereocenters. The molecule has 0 spiro atoms. The van der Waals surface area contributed by atoms with Crippen molar-refractivity contribution in [2.24, 2.45) is 28.6 Å². The number of aliphatic hydroxyl groups excluding tert-OH is 1. The van der Waals surface area contributed by atoms with Crippen LogP contribution in [0.25, 0.3) is 0 Å². The molecule has 28 heavy (non-hydrogen) atoms. The van der Waals surface area contributed by atoms with E-state index >= 15 is 0 Å². The lowest BCUT2D eigenvalue weighted by atomic mass is 9.46. The molecule has 2 N–H and O–H groups in total. The molecule has 154 valence electrons. The number of halogens is 2. The molecule has 4 nitrogen and oxygen atoms in total. The van der Waals surface area contributed by atoms with Crippen LogP contribution in [0.5, 0.6) is 0 Å². The molecule has 6 heteroatoms. The molecule has 0 amide bonds. The fourth-order valence-electron chi connectivity index (χ4n) is 7.20. The molecule has 3 saturated carbocycles. The lowest BCUT2D eigenvalue weighted by molar-refractivity contribution is -0.167. The second-order valence-corrected chi connectivity index (χ2v) is 10.9. The number of carbonyl (C=O) groups excluding carboxylic acids is 2. The average molecular weight is 427 g/mol. The summed E-state index contributed by atoms with van der Waals surface area (Å²) in [5.74, 6) is -0.811. The molecular weight excluding hydrogens is 399 g/mol. The molecular formula is C22H28Cl2O4. The topological polar surface area (TPSA) is 74.6 Å². The van der Waals surface area contributed by atoms with Gasteiger partial charge in [0.05, 0.1) is 10.3 Å². The molecule has 4 aliphatic carbocycles. The smallest absolute Gasteiger partial charge is 0.190 e. The van der Waals surface area contributed by atoms with Crippen LogP contribution in [0.2, 0.25) is 0 Å². The number of Topliss-reactive ketones (excluding diaryl/α,β-unsaturated/α-hetero) is 1. The highest BCUT2D eigenvalue weighted by molar-refractivity contribution is 6.34. The average Bonchev–Trinajstić information content (AvgIpc) is 2.84. The summed E-state index contributed by atoms with van der Waals surface area (Å²) < 4.78 is 0. The van der Waals surface area contributed by atoms with Gasteiger partial charge in [-0.1, -0.05) is 32.4 Å². The second-order valence-electron chi connectivity index (χ2n) is 9.70. The van der Waals surface area contributed by atoms with Crippen LogP contribution in [0.15, 0.2) is 23.8 Å². The van der Waals surface area contributed by atoms with E-state index in [4.69, 9.17) is 23.2 Å². The van der Waals surface area contributed by atoms with Gasteiger partial charge >= 0.3 is 0 Å². The van der Waals surface area contributed by atoms with Gasteiger partial charge in [-0.2, -0.15) is 0 Å². The van der Waals surface area contributed by atoms with Gasteiger partial charge in [-0.15, -0.1) is 23.2 Å². The number of carbonyl (C=O) groups is 2. The van der Waals surface area contributed by atoms with Crippen molar-refractivity contribution in [3.63, 3.8) is 0 Å². The Morgan fingerprint density at radius 1 is 1.32 bits per heavy atom. The fraction of sp³-hybridized carbons (Fsp3) is 0.727. The molecule has 4 rings (SSSR count). The standard InChI is InChI=1S/C22H28Cl2O4/c1-12-8-16-15-5-4-13-9-14(26)6-7-19(13,2)21(15,24)17(23)10-20(16,3)22(12,28)18(27)11-25/h6-7,9,12,15-17,25,28H,4-5,8,10-11H2,1-3H3/t12-,15+,16-,17+,19+,20-,21+,22+/m1/s1. The van der Waals surface area contributed by atoms with Crippen LogP contribution >= 0.6 is 23.2 Å². The second kappa shape index (κ2) is 6.16. The van der Waals surface area contributed by atoms with Crippen LogP contribution in [-0.4, -0.2) is 44.2 Å². The molecule has 0 aliphatic heterocycles. The predicted molar refractivity (Wildman–Crippen MR) is 108 cm³/mol.